The number of rotatable bonds is 0. The number of allylic oxidation sites excluding steroid dienone is 1. The Balaban J connectivity index is 2.43. The molecule has 2 atom stereocenters. The summed E-state index contributed by atoms with van der Waals surface area (Å²) in [4.78, 5) is 24.6. The van der Waals surface area contributed by atoms with Crippen LogP contribution in [0.2, 0.25) is 5.02 Å². The highest BCUT2D eigenvalue weighted by Gasteiger charge is 2.26. The van der Waals surface area contributed by atoms with Crippen molar-refractivity contribution in [2.24, 2.45) is 0 Å². The van der Waals surface area contributed by atoms with Gasteiger partial charge in [0.1, 0.15) is 28.9 Å². The van der Waals surface area contributed by atoms with Gasteiger partial charge in [0.05, 0.1) is 11.1 Å². The molecule has 0 aromatic heterocycles. The van der Waals surface area contributed by atoms with E-state index in [1.165, 1.54) is 0 Å². The average molecular weight is 369 g/mol. The first kappa shape index (κ1) is 19.3. The van der Waals surface area contributed by atoms with E-state index in [9.17, 15) is 24.9 Å². The third-order valence-electron chi connectivity index (χ3n) is 3.97. The lowest BCUT2D eigenvalue weighted by molar-refractivity contribution is -0.118. The summed E-state index contributed by atoms with van der Waals surface area (Å²) >= 11 is 6.05. The molecule has 3 N–H and O–H groups in total. The van der Waals surface area contributed by atoms with Crippen molar-refractivity contribution in [3.63, 3.8) is 0 Å². The predicted octanol–water partition coefficient (Wildman–Crippen LogP) is 2.90. The van der Waals surface area contributed by atoms with Crippen LogP contribution in [0.25, 0.3) is 0 Å². The number of carbonyl (C=O) groups excluding carboxylic acids is 2. The number of halogens is 1. The minimum Gasteiger partial charge on any atom is -0.507 e. The maximum absolute atomic E-state index is 12.4. The number of benzene rings is 1. The Morgan fingerprint density at radius 2 is 1.96 bits per heavy atom. The molecular formula is C18H21ClO6. The highest BCUT2D eigenvalue weighted by Crippen LogP contribution is 2.37. The highest BCUT2D eigenvalue weighted by atomic mass is 35.5. The van der Waals surface area contributed by atoms with Gasteiger partial charge in [-0.05, 0) is 19.8 Å². The van der Waals surface area contributed by atoms with E-state index in [0.29, 0.717) is 12.8 Å². The van der Waals surface area contributed by atoms with E-state index in [-0.39, 0.29) is 41.2 Å². The van der Waals surface area contributed by atoms with Gasteiger partial charge in [0, 0.05) is 30.9 Å². The summed E-state index contributed by atoms with van der Waals surface area (Å²) in [6, 6.07) is 0.943. The van der Waals surface area contributed by atoms with Crippen molar-refractivity contribution in [1.82, 2.24) is 0 Å². The average Bonchev–Trinajstić information content (AvgIpc) is 2.50. The predicted molar refractivity (Wildman–Crippen MR) is 92.0 cm³/mol. The number of ether oxygens (including phenoxy) is 1. The number of hydrogen-bond acceptors (Lipinski definition) is 6. The number of hydrogen-bond donors (Lipinski definition) is 3. The Hall–Kier alpha value is -2.05. The molecule has 0 spiro atoms. The van der Waals surface area contributed by atoms with Crippen molar-refractivity contribution >= 4 is 23.4 Å². The number of aliphatic hydroxyl groups is 1. The minimum absolute atomic E-state index is 0.0505. The van der Waals surface area contributed by atoms with Gasteiger partial charge >= 0.3 is 5.97 Å². The number of aliphatic hydroxyl groups excluding tert-OH is 1. The summed E-state index contributed by atoms with van der Waals surface area (Å²) < 4.78 is 5.26. The number of fused-ring (bicyclic) bond motifs is 1. The van der Waals surface area contributed by atoms with Gasteiger partial charge in [0.2, 0.25) is 0 Å². The summed E-state index contributed by atoms with van der Waals surface area (Å²) in [6.45, 7) is 1.62. The van der Waals surface area contributed by atoms with Crippen molar-refractivity contribution in [2.45, 2.75) is 51.2 Å². The van der Waals surface area contributed by atoms with Crippen LogP contribution in [0, 0.1) is 0 Å². The molecule has 6 nitrogen and oxygen atoms in total. The summed E-state index contributed by atoms with van der Waals surface area (Å²) in [6.07, 6.45) is 3.47. The largest absolute Gasteiger partial charge is 0.507 e. The van der Waals surface area contributed by atoms with E-state index >= 15 is 0 Å². The Labute approximate surface area is 150 Å². The van der Waals surface area contributed by atoms with E-state index in [1.807, 2.05) is 0 Å². The Morgan fingerprint density at radius 3 is 2.68 bits per heavy atom. The molecule has 0 saturated carbocycles. The van der Waals surface area contributed by atoms with Gasteiger partial charge in [-0.1, -0.05) is 23.8 Å². The van der Waals surface area contributed by atoms with Gasteiger partial charge in [-0.15, -0.1) is 0 Å². The number of phenols is 2. The van der Waals surface area contributed by atoms with Crippen molar-refractivity contribution < 1.29 is 29.6 Å². The smallest absolute Gasteiger partial charge is 0.342 e. The van der Waals surface area contributed by atoms with Gasteiger partial charge in [-0.3, -0.25) is 4.79 Å². The zero-order chi connectivity index (χ0) is 18.6. The van der Waals surface area contributed by atoms with Crippen LogP contribution in [0.3, 0.4) is 0 Å². The summed E-state index contributed by atoms with van der Waals surface area (Å²) in [5.41, 5.74) is -0.181. The first-order valence-corrected chi connectivity index (χ1v) is 8.48. The van der Waals surface area contributed by atoms with Crippen molar-refractivity contribution in [2.75, 3.05) is 0 Å². The molecule has 1 aliphatic rings. The second kappa shape index (κ2) is 8.36. The van der Waals surface area contributed by atoms with E-state index in [0.717, 1.165) is 6.07 Å². The summed E-state index contributed by atoms with van der Waals surface area (Å²) in [7, 11) is 0. The second-order valence-corrected chi connectivity index (χ2v) is 6.52. The molecule has 1 aliphatic heterocycles. The molecule has 1 aromatic carbocycles. The lowest BCUT2D eigenvalue weighted by atomic mass is 9.98. The molecule has 0 bridgehead atoms. The molecular weight excluding hydrogens is 348 g/mol. The van der Waals surface area contributed by atoms with Crippen LogP contribution in [-0.4, -0.2) is 39.3 Å². The zero-order valence-electron chi connectivity index (χ0n) is 13.9. The number of Topliss-reactive ketones (excluding diaryl/α,β-unsaturated/α-hetero) is 1. The third kappa shape index (κ3) is 4.96. The summed E-state index contributed by atoms with van der Waals surface area (Å²) in [5, 5.41) is 29.6. The molecule has 0 unspecified atom stereocenters. The van der Waals surface area contributed by atoms with Crippen LogP contribution in [0.5, 0.6) is 11.5 Å². The molecule has 0 saturated heterocycles. The number of esters is 1. The molecule has 25 heavy (non-hydrogen) atoms. The number of phenolic OH excluding ortho intramolecular Hbond substituents is 2. The Bertz CT molecular complexity index is 697. The van der Waals surface area contributed by atoms with Crippen LogP contribution in [0.4, 0.5) is 0 Å². The van der Waals surface area contributed by atoms with Crippen LogP contribution < -0.4 is 0 Å². The first-order chi connectivity index (χ1) is 11.8. The SMILES string of the molecule is C[C@@H]1C[C@@H](O)/C=C\CCCC(=O)Cc2c(Cl)c(O)cc(O)c2C(=O)O1. The maximum atomic E-state index is 12.4. The zero-order valence-corrected chi connectivity index (χ0v) is 14.6. The van der Waals surface area contributed by atoms with Gasteiger partial charge < -0.3 is 20.1 Å². The molecule has 0 radical (unpaired) electrons. The fraction of sp³-hybridized carbons (Fsp3) is 0.444. The molecule has 2 rings (SSSR count). The third-order valence-corrected chi connectivity index (χ3v) is 4.39. The fourth-order valence-corrected chi connectivity index (χ4v) is 2.96. The summed E-state index contributed by atoms with van der Waals surface area (Å²) in [5.74, 6) is -1.96. The standard InChI is InChI=1S/C18H21ClO6/c1-10-7-11(20)5-3-2-4-6-12(21)8-13-16(18(24)25-10)14(22)9-15(23)17(13)19/h3,5,9-11,20,22-23H,2,4,6-8H2,1H3/b5-3-/t10-,11+/m1/s1. The number of cyclic esters (lactones) is 1. The second-order valence-electron chi connectivity index (χ2n) is 6.14. The van der Waals surface area contributed by atoms with Crippen LogP contribution in [-0.2, 0) is 16.0 Å². The van der Waals surface area contributed by atoms with Crippen LogP contribution >= 0.6 is 11.6 Å². The number of ketones is 1. The molecule has 0 aliphatic carbocycles. The Morgan fingerprint density at radius 1 is 1.24 bits per heavy atom. The van der Waals surface area contributed by atoms with E-state index in [4.69, 9.17) is 16.3 Å². The molecule has 0 fully saturated rings. The molecule has 7 heteroatoms. The number of carbonyl (C=O) groups is 2. The maximum Gasteiger partial charge on any atom is 0.342 e. The van der Waals surface area contributed by atoms with Crippen molar-refractivity contribution in [3.8, 4) is 11.5 Å². The van der Waals surface area contributed by atoms with Crippen LogP contribution in [0.15, 0.2) is 18.2 Å². The van der Waals surface area contributed by atoms with Gasteiger partial charge in [-0.25, -0.2) is 4.79 Å². The van der Waals surface area contributed by atoms with Gasteiger partial charge in [0.25, 0.3) is 0 Å². The van der Waals surface area contributed by atoms with Gasteiger partial charge in [-0.2, -0.15) is 0 Å². The topological polar surface area (TPSA) is 104 Å². The lowest BCUT2D eigenvalue weighted by Gasteiger charge is -2.18. The molecule has 1 heterocycles. The van der Waals surface area contributed by atoms with Gasteiger partial charge in [0.15, 0.2) is 0 Å². The highest BCUT2D eigenvalue weighted by molar-refractivity contribution is 6.33. The fourth-order valence-electron chi connectivity index (χ4n) is 2.74. The molecule has 136 valence electrons. The minimum atomic E-state index is -0.858. The van der Waals surface area contributed by atoms with Crippen molar-refractivity contribution in [3.05, 3.63) is 34.4 Å². The van der Waals surface area contributed by atoms with E-state index < -0.39 is 29.7 Å². The monoisotopic (exact) mass is 368 g/mol. The first-order valence-electron chi connectivity index (χ1n) is 8.10. The van der Waals surface area contributed by atoms with E-state index in [2.05, 4.69) is 0 Å². The lowest BCUT2D eigenvalue weighted by Crippen LogP contribution is -2.22. The quantitative estimate of drug-likeness (QED) is 0.480. The molecule has 0 amide bonds. The van der Waals surface area contributed by atoms with Crippen molar-refractivity contribution in [1.29, 1.82) is 0 Å². The number of aromatic hydroxyl groups is 2. The van der Waals surface area contributed by atoms with E-state index in [1.54, 1.807) is 19.1 Å². The Kier molecular flexibility index (Phi) is 6.45. The van der Waals surface area contributed by atoms with Crippen LogP contribution in [0.1, 0.15) is 48.5 Å². The normalized spacial score (nSPS) is 24.1. The molecule has 1 aromatic rings.